The van der Waals surface area contributed by atoms with Gasteiger partial charge in [0.05, 0.1) is 12.1 Å². The summed E-state index contributed by atoms with van der Waals surface area (Å²) in [4.78, 5) is 16.7. The molecule has 2 atom stereocenters. The summed E-state index contributed by atoms with van der Waals surface area (Å²) in [5, 5.41) is 12.9. The van der Waals surface area contributed by atoms with Gasteiger partial charge in [0.1, 0.15) is 0 Å². The van der Waals surface area contributed by atoms with Crippen LogP contribution < -0.4 is 5.32 Å². The van der Waals surface area contributed by atoms with Gasteiger partial charge in [-0.1, -0.05) is 0 Å². The smallest absolute Gasteiger partial charge is 0.239 e. The predicted octanol–water partition coefficient (Wildman–Crippen LogP) is -0.100. The van der Waals surface area contributed by atoms with Crippen molar-refractivity contribution < 1.29 is 9.90 Å². The molecule has 2 heterocycles. The summed E-state index contributed by atoms with van der Waals surface area (Å²) in [6.07, 6.45) is 1.61. The average Bonchev–Trinajstić information content (AvgIpc) is 2.46. The number of rotatable bonds is 3. The molecule has 0 aromatic heterocycles. The molecule has 2 fully saturated rings. The normalized spacial score (nSPS) is 26.2. The number of amides is 1. The van der Waals surface area contributed by atoms with Crippen molar-refractivity contribution in [1.82, 2.24) is 15.1 Å². The third kappa shape index (κ3) is 3.68. The van der Waals surface area contributed by atoms with Crippen LogP contribution in [0.25, 0.3) is 0 Å². The van der Waals surface area contributed by atoms with Crippen LogP contribution in [0.15, 0.2) is 0 Å². The maximum Gasteiger partial charge on any atom is 0.239 e. The number of carbonyl (C=O) groups is 1. The lowest BCUT2D eigenvalue weighted by atomic mass is 9.92. The van der Waals surface area contributed by atoms with E-state index in [-0.39, 0.29) is 18.1 Å². The zero-order valence-corrected chi connectivity index (χ0v) is 12.1. The van der Waals surface area contributed by atoms with Crippen molar-refractivity contribution >= 4 is 5.91 Å². The Bertz CT molecular complexity index is 295. The van der Waals surface area contributed by atoms with Crippen LogP contribution in [0.5, 0.6) is 0 Å². The van der Waals surface area contributed by atoms with Crippen LogP contribution in [0.1, 0.15) is 26.7 Å². The minimum atomic E-state index is -0.247. The summed E-state index contributed by atoms with van der Waals surface area (Å²) < 4.78 is 0. The van der Waals surface area contributed by atoms with Gasteiger partial charge in [-0.05, 0) is 32.6 Å². The molecule has 2 aliphatic heterocycles. The van der Waals surface area contributed by atoms with Crippen LogP contribution >= 0.6 is 0 Å². The Balaban J connectivity index is 1.83. The average molecular weight is 269 g/mol. The number of carbonyl (C=O) groups excluding carboxylic acids is 1. The summed E-state index contributed by atoms with van der Waals surface area (Å²) in [6, 6.07) is -0.00907. The standard InChI is InChI=1S/C14H27N3O2/c1-11(16-9-5-15-6-10-16)14(19)17-7-3-13(4-8-17)12(2)18/h11-13,15,18H,3-10H2,1-2H3. The third-order valence-electron chi connectivity index (χ3n) is 4.59. The van der Waals surface area contributed by atoms with Crippen molar-refractivity contribution in [2.45, 2.75) is 38.8 Å². The van der Waals surface area contributed by atoms with E-state index in [1.54, 1.807) is 0 Å². The van der Waals surface area contributed by atoms with Crippen LogP contribution in [-0.2, 0) is 4.79 Å². The van der Waals surface area contributed by atoms with Crippen molar-refractivity contribution in [1.29, 1.82) is 0 Å². The van der Waals surface area contributed by atoms with Crippen molar-refractivity contribution in [2.75, 3.05) is 39.3 Å². The minimum Gasteiger partial charge on any atom is -0.393 e. The molecule has 5 heteroatoms. The predicted molar refractivity (Wildman–Crippen MR) is 74.9 cm³/mol. The number of aliphatic hydroxyl groups is 1. The van der Waals surface area contributed by atoms with Crippen molar-refractivity contribution in [3.05, 3.63) is 0 Å². The molecule has 0 aliphatic carbocycles. The first kappa shape index (κ1) is 14.8. The zero-order valence-electron chi connectivity index (χ0n) is 12.1. The van der Waals surface area contributed by atoms with Crippen molar-refractivity contribution in [3.63, 3.8) is 0 Å². The van der Waals surface area contributed by atoms with Gasteiger partial charge >= 0.3 is 0 Å². The number of likely N-dealkylation sites (tertiary alicyclic amines) is 1. The van der Waals surface area contributed by atoms with Crippen LogP contribution in [0.3, 0.4) is 0 Å². The molecule has 19 heavy (non-hydrogen) atoms. The fourth-order valence-electron chi connectivity index (χ4n) is 3.09. The van der Waals surface area contributed by atoms with Crippen LogP contribution in [0.4, 0.5) is 0 Å². The van der Waals surface area contributed by atoms with Gasteiger partial charge in [0.2, 0.25) is 5.91 Å². The number of nitrogens with one attached hydrogen (secondary N) is 1. The number of hydrogen-bond donors (Lipinski definition) is 2. The maximum absolute atomic E-state index is 12.5. The monoisotopic (exact) mass is 269 g/mol. The Morgan fingerprint density at radius 1 is 1.16 bits per heavy atom. The van der Waals surface area contributed by atoms with Gasteiger partial charge in [0, 0.05) is 39.3 Å². The molecule has 5 nitrogen and oxygen atoms in total. The summed E-state index contributed by atoms with van der Waals surface area (Å²) >= 11 is 0. The van der Waals surface area contributed by atoms with Crippen LogP contribution in [0.2, 0.25) is 0 Å². The molecule has 0 radical (unpaired) electrons. The Morgan fingerprint density at radius 3 is 2.26 bits per heavy atom. The van der Waals surface area contributed by atoms with E-state index in [1.165, 1.54) is 0 Å². The zero-order chi connectivity index (χ0) is 13.8. The number of piperidine rings is 1. The molecule has 110 valence electrons. The maximum atomic E-state index is 12.5. The molecular weight excluding hydrogens is 242 g/mol. The van der Waals surface area contributed by atoms with Crippen molar-refractivity contribution in [3.8, 4) is 0 Å². The lowest BCUT2D eigenvalue weighted by Crippen LogP contribution is -2.54. The largest absolute Gasteiger partial charge is 0.393 e. The van der Waals surface area contributed by atoms with Gasteiger partial charge in [-0.25, -0.2) is 0 Å². The van der Waals surface area contributed by atoms with E-state index < -0.39 is 0 Å². The second-order valence-electron chi connectivity index (χ2n) is 5.87. The lowest BCUT2D eigenvalue weighted by Gasteiger charge is -2.38. The van der Waals surface area contributed by atoms with Gasteiger partial charge in [-0.15, -0.1) is 0 Å². The van der Waals surface area contributed by atoms with E-state index in [1.807, 2.05) is 18.7 Å². The van der Waals surface area contributed by atoms with Gasteiger partial charge < -0.3 is 15.3 Å². The Labute approximate surface area is 115 Å². The molecule has 1 amide bonds. The topological polar surface area (TPSA) is 55.8 Å². The van der Waals surface area contributed by atoms with Crippen LogP contribution in [-0.4, -0.2) is 72.2 Å². The highest BCUT2D eigenvalue weighted by Crippen LogP contribution is 2.21. The first-order valence-corrected chi connectivity index (χ1v) is 7.51. The number of aliphatic hydroxyl groups excluding tert-OH is 1. The molecule has 0 bridgehead atoms. The fraction of sp³-hybridized carbons (Fsp3) is 0.929. The molecule has 2 rings (SSSR count). The molecule has 0 spiro atoms. The quantitative estimate of drug-likeness (QED) is 0.751. The van der Waals surface area contributed by atoms with E-state index in [4.69, 9.17) is 0 Å². The first-order chi connectivity index (χ1) is 9.09. The molecule has 0 aromatic carbocycles. The Hall–Kier alpha value is -0.650. The number of hydrogen-bond acceptors (Lipinski definition) is 4. The summed E-state index contributed by atoms with van der Waals surface area (Å²) in [5.74, 6) is 0.615. The minimum absolute atomic E-state index is 0.00907. The second-order valence-corrected chi connectivity index (χ2v) is 5.87. The summed E-state index contributed by atoms with van der Waals surface area (Å²) in [6.45, 7) is 9.33. The SMILES string of the molecule is CC(O)C1CCN(C(=O)C(C)N2CCNCC2)CC1. The van der Waals surface area contributed by atoms with E-state index in [0.29, 0.717) is 5.92 Å². The Morgan fingerprint density at radius 2 is 1.74 bits per heavy atom. The molecular formula is C14H27N3O2. The number of piperazine rings is 1. The van der Waals surface area contributed by atoms with E-state index >= 15 is 0 Å². The molecule has 2 unspecified atom stereocenters. The highest BCUT2D eigenvalue weighted by molar-refractivity contribution is 5.81. The third-order valence-corrected chi connectivity index (χ3v) is 4.59. The molecule has 2 aliphatic rings. The van der Waals surface area contributed by atoms with Gasteiger partial charge in [-0.3, -0.25) is 9.69 Å². The fourth-order valence-corrected chi connectivity index (χ4v) is 3.09. The summed E-state index contributed by atoms with van der Waals surface area (Å²) in [5.41, 5.74) is 0. The number of nitrogens with zero attached hydrogens (tertiary/aromatic N) is 2. The molecule has 2 N–H and O–H groups in total. The highest BCUT2D eigenvalue weighted by atomic mass is 16.3. The lowest BCUT2D eigenvalue weighted by molar-refractivity contribution is -0.138. The van der Waals surface area contributed by atoms with E-state index in [2.05, 4.69) is 10.2 Å². The van der Waals surface area contributed by atoms with Gasteiger partial charge in [-0.2, -0.15) is 0 Å². The molecule has 0 aromatic rings. The Kier molecular flexibility index (Phi) is 5.19. The van der Waals surface area contributed by atoms with E-state index in [9.17, 15) is 9.90 Å². The first-order valence-electron chi connectivity index (χ1n) is 7.51. The second kappa shape index (κ2) is 6.68. The summed E-state index contributed by atoms with van der Waals surface area (Å²) in [7, 11) is 0. The van der Waals surface area contributed by atoms with Gasteiger partial charge in [0.25, 0.3) is 0 Å². The highest BCUT2D eigenvalue weighted by Gasteiger charge is 2.30. The van der Waals surface area contributed by atoms with E-state index in [0.717, 1.165) is 52.1 Å². The van der Waals surface area contributed by atoms with Crippen molar-refractivity contribution in [2.24, 2.45) is 5.92 Å². The van der Waals surface area contributed by atoms with Gasteiger partial charge in [0.15, 0.2) is 0 Å². The molecule has 0 saturated carbocycles. The molecule has 2 saturated heterocycles. The van der Waals surface area contributed by atoms with Crippen LogP contribution in [0, 0.1) is 5.92 Å².